The van der Waals surface area contributed by atoms with Gasteiger partial charge in [0.25, 0.3) is 0 Å². The molecule has 2 heterocycles. The molecule has 0 aliphatic rings. The average molecular weight is 263 g/mol. The fourth-order valence-electron chi connectivity index (χ4n) is 1.55. The van der Waals surface area contributed by atoms with Crippen LogP contribution in [0.3, 0.4) is 0 Å². The Morgan fingerprint density at radius 1 is 1.22 bits per heavy atom. The molecule has 2 aromatic heterocycles. The Bertz CT molecular complexity index is 457. The minimum atomic E-state index is 0.918. The Morgan fingerprint density at radius 3 is 2.94 bits per heavy atom. The molecule has 0 amide bonds. The minimum Gasteiger partial charge on any atom is -0.317 e. The van der Waals surface area contributed by atoms with Crippen LogP contribution in [0, 0.1) is 0 Å². The van der Waals surface area contributed by atoms with Gasteiger partial charge in [0.1, 0.15) is 10.0 Å². The molecule has 2 rings (SSSR count). The highest BCUT2D eigenvalue weighted by atomic mass is 32.1. The molecule has 1 N–H and O–H groups in total. The van der Waals surface area contributed by atoms with Crippen molar-refractivity contribution in [3.8, 4) is 10.6 Å². The highest BCUT2D eigenvalue weighted by molar-refractivity contribution is 7.14. The smallest absolute Gasteiger partial charge is 0.149 e. The Kier molecular flexibility index (Phi) is 5.16. The zero-order chi connectivity index (χ0) is 12.6. The van der Waals surface area contributed by atoms with Crippen molar-refractivity contribution < 1.29 is 0 Å². The van der Waals surface area contributed by atoms with Crippen LogP contribution in [0.1, 0.15) is 24.8 Å². The molecular weight excluding hydrogens is 246 g/mol. The van der Waals surface area contributed by atoms with E-state index in [1.807, 2.05) is 6.07 Å². The molecule has 0 saturated heterocycles. The second-order valence-electron chi connectivity index (χ2n) is 3.99. The van der Waals surface area contributed by atoms with E-state index in [0.717, 1.165) is 41.5 Å². The largest absolute Gasteiger partial charge is 0.317 e. The van der Waals surface area contributed by atoms with E-state index < -0.39 is 0 Å². The maximum atomic E-state index is 4.20. The molecule has 0 atom stereocenters. The molecule has 0 unspecified atom stereocenters. The first-order valence-electron chi connectivity index (χ1n) is 6.20. The molecule has 0 spiro atoms. The van der Waals surface area contributed by atoms with Gasteiger partial charge in [-0.15, -0.1) is 10.2 Å². The van der Waals surface area contributed by atoms with Gasteiger partial charge in [0, 0.05) is 12.0 Å². The van der Waals surface area contributed by atoms with Gasteiger partial charge in [0.05, 0.1) is 12.4 Å². The van der Waals surface area contributed by atoms with Crippen molar-refractivity contribution >= 4 is 11.3 Å². The van der Waals surface area contributed by atoms with Gasteiger partial charge in [-0.05, 0) is 32.0 Å². The third kappa shape index (κ3) is 3.82. The molecular formula is C12H17N5S. The topological polar surface area (TPSA) is 63.6 Å². The predicted octanol–water partition coefficient (Wildman–Crippen LogP) is 1.93. The Balaban J connectivity index is 1.83. The lowest BCUT2D eigenvalue weighted by molar-refractivity contribution is 0.637. The first-order valence-corrected chi connectivity index (χ1v) is 7.02. The molecule has 0 aromatic carbocycles. The summed E-state index contributed by atoms with van der Waals surface area (Å²) in [5, 5.41) is 21.4. The standard InChI is InChI=1S/C12H17N5S/c1-2-6-13-7-3-4-11-16-17-12(18-11)10-5-8-14-15-9-10/h5,8-9,13H,2-4,6-7H2,1H3. The van der Waals surface area contributed by atoms with Gasteiger partial charge in [-0.3, -0.25) is 0 Å². The summed E-state index contributed by atoms with van der Waals surface area (Å²) in [7, 11) is 0. The van der Waals surface area contributed by atoms with E-state index in [1.165, 1.54) is 6.42 Å². The number of hydrogen-bond acceptors (Lipinski definition) is 6. The van der Waals surface area contributed by atoms with Crippen LogP contribution in [0.2, 0.25) is 0 Å². The van der Waals surface area contributed by atoms with Gasteiger partial charge in [0.2, 0.25) is 0 Å². The summed E-state index contributed by atoms with van der Waals surface area (Å²) in [6.45, 7) is 4.30. The van der Waals surface area contributed by atoms with Crippen molar-refractivity contribution in [3.63, 3.8) is 0 Å². The second kappa shape index (κ2) is 7.13. The van der Waals surface area contributed by atoms with Crippen LogP contribution in [0.25, 0.3) is 10.6 Å². The molecule has 18 heavy (non-hydrogen) atoms. The highest BCUT2D eigenvalue weighted by Crippen LogP contribution is 2.22. The van der Waals surface area contributed by atoms with Crippen LogP contribution in [-0.2, 0) is 6.42 Å². The predicted molar refractivity (Wildman–Crippen MR) is 72.4 cm³/mol. The molecule has 0 bridgehead atoms. The number of nitrogens with one attached hydrogen (secondary N) is 1. The third-order valence-electron chi connectivity index (χ3n) is 2.47. The van der Waals surface area contributed by atoms with E-state index in [0.29, 0.717) is 0 Å². The normalized spacial score (nSPS) is 10.7. The molecule has 0 saturated carbocycles. The van der Waals surface area contributed by atoms with E-state index in [-0.39, 0.29) is 0 Å². The summed E-state index contributed by atoms with van der Waals surface area (Å²) in [5.74, 6) is 0. The molecule has 6 heteroatoms. The van der Waals surface area contributed by atoms with Crippen molar-refractivity contribution in [2.75, 3.05) is 13.1 Å². The fourth-order valence-corrected chi connectivity index (χ4v) is 2.43. The molecule has 0 fully saturated rings. The summed E-state index contributed by atoms with van der Waals surface area (Å²) < 4.78 is 0. The summed E-state index contributed by atoms with van der Waals surface area (Å²) in [4.78, 5) is 0. The van der Waals surface area contributed by atoms with Crippen LogP contribution in [0.15, 0.2) is 18.5 Å². The lowest BCUT2D eigenvalue weighted by Gasteiger charge is -1.99. The first kappa shape index (κ1) is 13.0. The average Bonchev–Trinajstić information content (AvgIpc) is 2.88. The first-order chi connectivity index (χ1) is 8.90. The van der Waals surface area contributed by atoms with Crippen LogP contribution in [0.4, 0.5) is 0 Å². The van der Waals surface area contributed by atoms with Gasteiger partial charge in [0.15, 0.2) is 0 Å². The van der Waals surface area contributed by atoms with Crippen molar-refractivity contribution in [2.45, 2.75) is 26.2 Å². The maximum absolute atomic E-state index is 4.20. The molecule has 0 radical (unpaired) electrons. The molecule has 0 aliphatic carbocycles. The van der Waals surface area contributed by atoms with E-state index in [4.69, 9.17) is 0 Å². The van der Waals surface area contributed by atoms with Crippen LogP contribution in [-0.4, -0.2) is 33.5 Å². The number of aryl methyl sites for hydroxylation is 1. The minimum absolute atomic E-state index is 0.918. The van der Waals surface area contributed by atoms with Gasteiger partial charge >= 0.3 is 0 Å². The fraction of sp³-hybridized carbons (Fsp3) is 0.500. The quantitative estimate of drug-likeness (QED) is 0.773. The molecule has 2 aromatic rings. The second-order valence-corrected chi connectivity index (χ2v) is 5.05. The summed E-state index contributed by atoms with van der Waals surface area (Å²) >= 11 is 1.63. The SMILES string of the molecule is CCCNCCCc1nnc(-c2ccnnc2)s1. The number of nitrogens with zero attached hydrogens (tertiary/aromatic N) is 4. The molecule has 96 valence electrons. The summed E-state index contributed by atoms with van der Waals surface area (Å²) in [6, 6.07) is 1.90. The van der Waals surface area contributed by atoms with E-state index in [9.17, 15) is 0 Å². The van der Waals surface area contributed by atoms with E-state index in [2.05, 4.69) is 32.6 Å². The van der Waals surface area contributed by atoms with Crippen LogP contribution in [0.5, 0.6) is 0 Å². The zero-order valence-corrected chi connectivity index (χ0v) is 11.3. The van der Waals surface area contributed by atoms with Gasteiger partial charge in [-0.2, -0.15) is 10.2 Å². The number of hydrogen-bond donors (Lipinski definition) is 1. The zero-order valence-electron chi connectivity index (χ0n) is 10.5. The third-order valence-corrected chi connectivity index (χ3v) is 3.50. The summed E-state index contributed by atoms with van der Waals surface area (Å²) in [6.07, 6.45) is 6.65. The Hall–Kier alpha value is -1.40. The number of rotatable bonds is 7. The van der Waals surface area contributed by atoms with Gasteiger partial charge < -0.3 is 5.32 Å². The molecule has 5 nitrogen and oxygen atoms in total. The Morgan fingerprint density at radius 2 is 2.17 bits per heavy atom. The Labute approximate surface area is 111 Å². The number of aromatic nitrogens is 4. The lowest BCUT2D eigenvalue weighted by Crippen LogP contribution is -2.16. The van der Waals surface area contributed by atoms with Crippen LogP contribution < -0.4 is 5.32 Å². The van der Waals surface area contributed by atoms with Crippen molar-refractivity contribution in [1.82, 2.24) is 25.7 Å². The van der Waals surface area contributed by atoms with Crippen molar-refractivity contribution in [3.05, 3.63) is 23.5 Å². The summed E-state index contributed by atoms with van der Waals surface area (Å²) in [5.41, 5.74) is 0.984. The van der Waals surface area contributed by atoms with E-state index in [1.54, 1.807) is 23.7 Å². The highest BCUT2D eigenvalue weighted by Gasteiger charge is 2.06. The monoisotopic (exact) mass is 263 g/mol. The van der Waals surface area contributed by atoms with E-state index >= 15 is 0 Å². The van der Waals surface area contributed by atoms with Crippen LogP contribution >= 0.6 is 11.3 Å². The molecule has 0 aliphatic heterocycles. The lowest BCUT2D eigenvalue weighted by atomic mass is 10.3. The van der Waals surface area contributed by atoms with Crippen molar-refractivity contribution in [1.29, 1.82) is 0 Å². The van der Waals surface area contributed by atoms with Gasteiger partial charge in [-0.1, -0.05) is 18.3 Å². The maximum Gasteiger partial charge on any atom is 0.149 e. The van der Waals surface area contributed by atoms with Crippen molar-refractivity contribution in [2.24, 2.45) is 0 Å². The van der Waals surface area contributed by atoms with Gasteiger partial charge in [-0.25, -0.2) is 0 Å².